The van der Waals surface area contributed by atoms with Crippen molar-refractivity contribution < 1.29 is 4.74 Å². The fraction of sp³-hybridized carbons (Fsp3) is 0.562. The Labute approximate surface area is 110 Å². The Hall–Kier alpha value is -1.49. The maximum absolute atomic E-state index is 9.20. The van der Waals surface area contributed by atoms with E-state index in [2.05, 4.69) is 39.0 Å². The van der Waals surface area contributed by atoms with Gasteiger partial charge in [-0.2, -0.15) is 5.26 Å². The third kappa shape index (κ3) is 2.10. The van der Waals surface area contributed by atoms with E-state index in [0.29, 0.717) is 5.92 Å². The summed E-state index contributed by atoms with van der Waals surface area (Å²) in [5.74, 6) is 1.23. The predicted octanol–water partition coefficient (Wildman–Crippen LogP) is 4.01. The molecule has 0 amide bonds. The van der Waals surface area contributed by atoms with Crippen molar-refractivity contribution in [2.75, 3.05) is 7.11 Å². The second-order valence-corrected chi connectivity index (χ2v) is 6.49. The van der Waals surface area contributed by atoms with Crippen molar-refractivity contribution in [3.63, 3.8) is 0 Å². The van der Waals surface area contributed by atoms with Crippen molar-refractivity contribution in [1.29, 1.82) is 5.26 Å². The molecule has 2 rings (SSSR count). The minimum atomic E-state index is -0.205. The summed E-state index contributed by atoms with van der Waals surface area (Å²) in [6, 6.07) is 8.79. The first-order valence-electron chi connectivity index (χ1n) is 6.41. The lowest BCUT2D eigenvalue weighted by Crippen LogP contribution is -2.11. The number of ether oxygens (including phenoxy) is 1. The highest BCUT2D eigenvalue weighted by Gasteiger charge is 2.52. The normalized spacial score (nSPS) is 26.6. The first kappa shape index (κ1) is 13.0. The van der Waals surface area contributed by atoms with Crippen molar-refractivity contribution in [3.05, 3.63) is 29.3 Å². The molecule has 2 atom stereocenters. The quantitative estimate of drug-likeness (QED) is 0.786. The van der Waals surface area contributed by atoms with E-state index in [0.717, 1.165) is 12.2 Å². The van der Waals surface area contributed by atoms with Crippen LogP contribution in [0.1, 0.15) is 51.2 Å². The Morgan fingerprint density at radius 1 is 1.39 bits per heavy atom. The summed E-state index contributed by atoms with van der Waals surface area (Å²) in [7, 11) is 1.70. The smallest absolute Gasteiger partial charge is 0.122 e. The third-order valence-corrected chi connectivity index (χ3v) is 3.96. The molecule has 0 spiro atoms. The molecule has 0 aliphatic heterocycles. The van der Waals surface area contributed by atoms with E-state index >= 15 is 0 Å². The molecule has 1 saturated carbocycles. The van der Waals surface area contributed by atoms with Gasteiger partial charge in [-0.1, -0.05) is 32.9 Å². The summed E-state index contributed by atoms with van der Waals surface area (Å²) in [4.78, 5) is 0. The summed E-state index contributed by atoms with van der Waals surface area (Å²) in [5.41, 5.74) is 2.41. The molecule has 2 heteroatoms. The first-order chi connectivity index (χ1) is 8.31. The van der Waals surface area contributed by atoms with Crippen LogP contribution in [0.5, 0.6) is 5.75 Å². The topological polar surface area (TPSA) is 33.0 Å². The fourth-order valence-electron chi connectivity index (χ4n) is 2.42. The van der Waals surface area contributed by atoms with Gasteiger partial charge in [0, 0.05) is 5.92 Å². The molecule has 0 aromatic heterocycles. The minimum absolute atomic E-state index is 0.124. The second-order valence-electron chi connectivity index (χ2n) is 6.49. The van der Waals surface area contributed by atoms with Gasteiger partial charge in [0.25, 0.3) is 0 Å². The van der Waals surface area contributed by atoms with Crippen LogP contribution in [0.25, 0.3) is 0 Å². The van der Waals surface area contributed by atoms with Crippen LogP contribution >= 0.6 is 0 Å². The molecule has 0 radical (unpaired) electrons. The van der Waals surface area contributed by atoms with Gasteiger partial charge in [-0.25, -0.2) is 0 Å². The number of nitriles is 1. The largest absolute Gasteiger partial charge is 0.496 e. The number of benzene rings is 1. The average molecular weight is 243 g/mol. The molecule has 0 bridgehead atoms. The number of hydrogen-bond donors (Lipinski definition) is 0. The number of rotatable bonds is 2. The SMILES string of the molecule is COc1ccc(C(C)(C)C)cc1C1CC1(C)C#N. The monoisotopic (exact) mass is 243 g/mol. The van der Waals surface area contributed by atoms with Crippen molar-refractivity contribution >= 4 is 0 Å². The molecule has 96 valence electrons. The minimum Gasteiger partial charge on any atom is -0.496 e. The van der Waals surface area contributed by atoms with Gasteiger partial charge in [0.15, 0.2) is 0 Å². The molecule has 18 heavy (non-hydrogen) atoms. The molecule has 0 N–H and O–H groups in total. The second kappa shape index (κ2) is 4.02. The van der Waals surface area contributed by atoms with Gasteiger partial charge in [-0.15, -0.1) is 0 Å². The molecule has 2 unspecified atom stereocenters. The zero-order chi connectivity index (χ0) is 13.6. The van der Waals surface area contributed by atoms with Gasteiger partial charge in [0.05, 0.1) is 18.6 Å². The third-order valence-electron chi connectivity index (χ3n) is 3.96. The number of nitrogens with zero attached hydrogens (tertiary/aromatic N) is 1. The molecular weight excluding hydrogens is 222 g/mol. The molecule has 1 aromatic rings. The maximum atomic E-state index is 9.20. The van der Waals surface area contributed by atoms with Crippen molar-refractivity contribution in [1.82, 2.24) is 0 Å². The number of hydrogen-bond acceptors (Lipinski definition) is 2. The first-order valence-corrected chi connectivity index (χ1v) is 6.41. The fourth-order valence-corrected chi connectivity index (χ4v) is 2.42. The Morgan fingerprint density at radius 2 is 2.06 bits per heavy atom. The van der Waals surface area contributed by atoms with Crippen LogP contribution in [0.3, 0.4) is 0 Å². The summed E-state index contributed by atoms with van der Waals surface area (Å²) in [5, 5.41) is 9.20. The van der Waals surface area contributed by atoms with Crippen LogP contribution in [-0.4, -0.2) is 7.11 Å². The van der Waals surface area contributed by atoms with Crippen LogP contribution in [0, 0.1) is 16.7 Å². The zero-order valence-electron chi connectivity index (χ0n) is 11.9. The van der Waals surface area contributed by atoms with Crippen molar-refractivity contribution in [2.24, 2.45) is 5.41 Å². The molecule has 1 aliphatic carbocycles. The lowest BCUT2D eigenvalue weighted by atomic mass is 9.85. The van der Waals surface area contributed by atoms with Gasteiger partial charge in [0.1, 0.15) is 5.75 Å². The highest BCUT2D eigenvalue weighted by atomic mass is 16.5. The zero-order valence-corrected chi connectivity index (χ0v) is 11.9. The summed E-state index contributed by atoms with van der Waals surface area (Å²) in [6.45, 7) is 8.64. The molecular formula is C16H21NO. The van der Waals surface area contributed by atoms with Crippen LogP contribution in [0.15, 0.2) is 18.2 Å². The maximum Gasteiger partial charge on any atom is 0.122 e. The Kier molecular flexibility index (Phi) is 2.89. The van der Waals surface area contributed by atoms with Crippen LogP contribution < -0.4 is 4.74 Å². The Bertz CT molecular complexity index is 507. The Balaban J connectivity index is 2.43. The molecule has 1 aromatic carbocycles. The lowest BCUT2D eigenvalue weighted by Gasteiger charge is -2.21. The number of methoxy groups -OCH3 is 1. The van der Waals surface area contributed by atoms with E-state index in [1.165, 1.54) is 11.1 Å². The molecule has 0 saturated heterocycles. The Morgan fingerprint density at radius 3 is 2.50 bits per heavy atom. The van der Waals surface area contributed by atoms with Gasteiger partial charge in [-0.05, 0) is 36.0 Å². The predicted molar refractivity (Wildman–Crippen MR) is 72.8 cm³/mol. The molecule has 1 fully saturated rings. The van der Waals surface area contributed by atoms with Crippen LogP contribution in [0.4, 0.5) is 0 Å². The van der Waals surface area contributed by atoms with E-state index in [9.17, 15) is 5.26 Å². The van der Waals surface area contributed by atoms with Gasteiger partial charge in [0.2, 0.25) is 0 Å². The van der Waals surface area contributed by atoms with E-state index in [1.807, 2.05) is 13.0 Å². The van der Waals surface area contributed by atoms with Crippen LogP contribution in [-0.2, 0) is 5.41 Å². The van der Waals surface area contributed by atoms with Gasteiger partial charge < -0.3 is 4.74 Å². The van der Waals surface area contributed by atoms with E-state index < -0.39 is 0 Å². The van der Waals surface area contributed by atoms with Gasteiger partial charge >= 0.3 is 0 Å². The van der Waals surface area contributed by atoms with Gasteiger partial charge in [-0.3, -0.25) is 0 Å². The van der Waals surface area contributed by atoms with E-state index in [-0.39, 0.29) is 10.8 Å². The van der Waals surface area contributed by atoms with Crippen molar-refractivity contribution in [2.45, 2.75) is 45.4 Å². The lowest BCUT2D eigenvalue weighted by molar-refractivity contribution is 0.408. The highest BCUT2D eigenvalue weighted by molar-refractivity contribution is 5.47. The summed E-state index contributed by atoms with van der Waals surface area (Å²) >= 11 is 0. The van der Waals surface area contributed by atoms with Crippen LogP contribution in [0.2, 0.25) is 0 Å². The van der Waals surface area contributed by atoms with E-state index in [4.69, 9.17) is 4.74 Å². The van der Waals surface area contributed by atoms with Crippen molar-refractivity contribution in [3.8, 4) is 11.8 Å². The molecule has 0 heterocycles. The highest BCUT2D eigenvalue weighted by Crippen LogP contribution is 2.60. The summed E-state index contributed by atoms with van der Waals surface area (Å²) in [6.07, 6.45) is 0.938. The van der Waals surface area contributed by atoms with E-state index in [1.54, 1.807) is 7.11 Å². The summed E-state index contributed by atoms with van der Waals surface area (Å²) < 4.78 is 5.44. The average Bonchev–Trinajstić information content (AvgIpc) is 3.00. The molecule has 1 aliphatic rings. The standard InChI is InChI=1S/C16H21NO/c1-15(2,3)11-6-7-14(18-5)12(8-11)13-9-16(13,4)10-17/h6-8,13H,9H2,1-5H3. The molecule has 2 nitrogen and oxygen atoms in total.